The maximum Gasteiger partial charge on any atom is 0.244 e. The van der Waals surface area contributed by atoms with E-state index in [-0.39, 0.29) is 28.2 Å². The molecule has 0 aliphatic carbocycles. The zero-order valence-corrected chi connectivity index (χ0v) is 22.7. The van der Waals surface area contributed by atoms with E-state index in [2.05, 4.69) is 5.32 Å². The molecule has 0 radical (unpaired) electrons. The fourth-order valence-corrected chi connectivity index (χ4v) is 4.53. The average Bonchev–Trinajstić information content (AvgIpc) is 2.70. The van der Waals surface area contributed by atoms with Crippen LogP contribution in [0.4, 0.5) is 5.69 Å². The molecule has 0 saturated heterocycles. The molecule has 0 unspecified atom stereocenters. The summed E-state index contributed by atoms with van der Waals surface area (Å²) in [5, 5.41) is 3.76. The highest BCUT2D eigenvalue weighted by Gasteiger charge is 2.32. The third-order valence-corrected chi connectivity index (χ3v) is 6.72. The lowest BCUT2D eigenvalue weighted by atomic mass is 10.1. The van der Waals surface area contributed by atoms with Crippen molar-refractivity contribution in [1.29, 1.82) is 0 Å². The smallest absolute Gasteiger partial charge is 0.244 e. The number of carbonyl (C=O) groups excluding carboxylic acids is 2. The summed E-state index contributed by atoms with van der Waals surface area (Å²) < 4.78 is 26.1. The van der Waals surface area contributed by atoms with Crippen LogP contribution in [0.2, 0.25) is 15.1 Å². The van der Waals surface area contributed by atoms with Crippen LogP contribution in [0.5, 0.6) is 0 Å². The van der Waals surface area contributed by atoms with Gasteiger partial charge in [0.05, 0.1) is 17.0 Å². The summed E-state index contributed by atoms with van der Waals surface area (Å²) in [4.78, 5) is 27.7. The lowest BCUT2D eigenvalue weighted by Gasteiger charge is -2.33. The Kier molecular flexibility index (Phi) is 9.27. The van der Waals surface area contributed by atoms with Crippen LogP contribution in [-0.4, -0.2) is 49.5 Å². The minimum absolute atomic E-state index is 0.0651. The third kappa shape index (κ3) is 8.05. The summed E-state index contributed by atoms with van der Waals surface area (Å²) in [5.41, 5.74) is 0.274. The van der Waals surface area contributed by atoms with Crippen molar-refractivity contribution in [3.8, 4) is 0 Å². The fourth-order valence-electron chi connectivity index (χ4n) is 3.11. The molecule has 0 aliphatic rings. The first kappa shape index (κ1) is 28.2. The van der Waals surface area contributed by atoms with Gasteiger partial charge in [0.1, 0.15) is 12.6 Å². The highest BCUT2D eigenvalue weighted by Crippen LogP contribution is 2.31. The van der Waals surface area contributed by atoms with Gasteiger partial charge in [-0.25, -0.2) is 8.42 Å². The van der Waals surface area contributed by atoms with E-state index in [1.807, 2.05) is 20.8 Å². The second-order valence-corrected chi connectivity index (χ2v) is 12.1. The second kappa shape index (κ2) is 11.2. The molecular formula is C23H28Cl3N3O4S. The quantitative estimate of drug-likeness (QED) is 0.516. The molecule has 11 heteroatoms. The van der Waals surface area contributed by atoms with Crippen LogP contribution in [0.25, 0.3) is 0 Å². The first-order valence-electron chi connectivity index (χ1n) is 10.4. The molecule has 2 aromatic carbocycles. The van der Waals surface area contributed by atoms with Gasteiger partial charge in [-0.3, -0.25) is 13.9 Å². The van der Waals surface area contributed by atoms with E-state index >= 15 is 0 Å². The van der Waals surface area contributed by atoms with Gasteiger partial charge in [-0.15, -0.1) is 0 Å². The average molecular weight is 549 g/mol. The molecule has 7 nitrogen and oxygen atoms in total. The van der Waals surface area contributed by atoms with E-state index in [9.17, 15) is 18.0 Å². The Bertz CT molecular complexity index is 1150. The molecular weight excluding hydrogens is 521 g/mol. The van der Waals surface area contributed by atoms with Gasteiger partial charge in [0.2, 0.25) is 21.8 Å². The molecule has 1 atom stereocenters. The second-order valence-electron chi connectivity index (χ2n) is 8.93. The lowest BCUT2D eigenvalue weighted by molar-refractivity contribution is -0.140. The highest BCUT2D eigenvalue weighted by atomic mass is 35.5. The summed E-state index contributed by atoms with van der Waals surface area (Å²) in [6.07, 6.45) is 0.969. The number of sulfonamides is 1. The van der Waals surface area contributed by atoms with Gasteiger partial charge >= 0.3 is 0 Å². The Balaban J connectivity index is 2.44. The van der Waals surface area contributed by atoms with E-state index in [0.29, 0.717) is 5.02 Å². The van der Waals surface area contributed by atoms with E-state index in [4.69, 9.17) is 34.8 Å². The number of anilines is 1. The standard InChI is InChI=1S/C23H28Cl3N3O4S/c1-15(22(31)27-23(2,3)4)28(13-16-6-8-17(24)9-7-16)21(30)14-29(34(5,32)33)20-12-18(25)10-11-19(20)26/h6-12,15H,13-14H2,1-5H3,(H,27,31)/t15-/m0/s1. The third-order valence-electron chi connectivity index (χ3n) is 4.79. The molecule has 34 heavy (non-hydrogen) atoms. The van der Waals surface area contributed by atoms with E-state index in [1.54, 1.807) is 31.2 Å². The van der Waals surface area contributed by atoms with Gasteiger partial charge in [0.15, 0.2) is 0 Å². The highest BCUT2D eigenvalue weighted by molar-refractivity contribution is 7.92. The monoisotopic (exact) mass is 547 g/mol. The van der Waals surface area contributed by atoms with Gasteiger partial charge in [0, 0.05) is 22.1 Å². The van der Waals surface area contributed by atoms with E-state index in [1.165, 1.54) is 23.1 Å². The van der Waals surface area contributed by atoms with Gasteiger partial charge in [0.25, 0.3) is 0 Å². The minimum Gasteiger partial charge on any atom is -0.350 e. The molecule has 0 heterocycles. The summed E-state index contributed by atoms with van der Waals surface area (Å²) in [5.74, 6) is -0.963. The molecule has 186 valence electrons. The number of nitrogens with zero attached hydrogens (tertiary/aromatic N) is 2. The van der Waals surface area contributed by atoms with Crippen LogP contribution in [0, 0.1) is 0 Å². The van der Waals surface area contributed by atoms with Crippen LogP contribution < -0.4 is 9.62 Å². The molecule has 2 rings (SSSR count). The summed E-state index contributed by atoms with van der Waals surface area (Å²) in [7, 11) is -3.91. The van der Waals surface area contributed by atoms with Crippen molar-refractivity contribution < 1.29 is 18.0 Å². The number of hydrogen-bond donors (Lipinski definition) is 1. The normalized spacial score (nSPS) is 12.7. The molecule has 0 spiro atoms. The number of nitrogens with one attached hydrogen (secondary N) is 1. The predicted octanol–water partition coefficient (Wildman–Crippen LogP) is 4.74. The van der Waals surface area contributed by atoms with Crippen molar-refractivity contribution in [2.24, 2.45) is 0 Å². The maximum absolute atomic E-state index is 13.5. The van der Waals surface area contributed by atoms with Gasteiger partial charge in [-0.2, -0.15) is 0 Å². The van der Waals surface area contributed by atoms with E-state index < -0.39 is 34.1 Å². The van der Waals surface area contributed by atoms with Crippen LogP contribution in [-0.2, 0) is 26.2 Å². The molecule has 0 bridgehead atoms. The van der Waals surface area contributed by atoms with Crippen LogP contribution in [0.1, 0.15) is 33.3 Å². The number of hydrogen-bond acceptors (Lipinski definition) is 4. The number of carbonyl (C=O) groups is 2. The fraction of sp³-hybridized carbons (Fsp3) is 0.391. The molecule has 2 aromatic rings. The number of halogens is 3. The van der Waals surface area contributed by atoms with Crippen molar-refractivity contribution >= 4 is 62.3 Å². The van der Waals surface area contributed by atoms with Crippen LogP contribution in [0.15, 0.2) is 42.5 Å². The molecule has 1 N–H and O–H groups in total. The first-order chi connectivity index (χ1) is 15.6. The van der Waals surface area contributed by atoms with Gasteiger partial charge < -0.3 is 10.2 Å². The maximum atomic E-state index is 13.5. The van der Waals surface area contributed by atoms with Crippen LogP contribution in [0.3, 0.4) is 0 Å². The number of benzene rings is 2. The zero-order chi connectivity index (χ0) is 25.8. The van der Waals surface area contributed by atoms with Crippen molar-refractivity contribution in [2.75, 3.05) is 17.1 Å². The van der Waals surface area contributed by atoms with Crippen molar-refractivity contribution in [3.05, 3.63) is 63.1 Å². The number of rotatable bonds is 8. The minimum atomic E-state index is -3.91. The molecule has 0 aromatic heterocycles. The topological polar surface area (TPSA) is 86.8 Å². The Morgan fingerprint density at radius 2 is 1.56 bits per heavy atom. The van der Waals surface area contributed by atoms with Crippen LogP contribution >= 0.6 is 34.8 Å². The molecule has 2 amide bonds. The Morgan fingerprint density at radius 1 is 1.00 bits per heavy atom. The first-order valence-corrected chi connectivity index (χ1v) is 13.4. The Hall–Kier alpha value is -2.00. The summed E-state index contributed by atoms with van der Waals surface area (Å²) >= 11 is 18.2. The molecule has 0 aliphatic heterocycles. The van der Waals surface area contributed by atoms with Gasteiger partial charge in [-0.05, 0) is 63.6 Å². The SMILES string of the molecule is C[C@@H](C(=O)NC(C)(C)C)N(Cc1ccc(Cl)cc1)C(=O)CN(c1cc(Cl)ccc1Cl)S(C)(=O)=O. The van der Waals surface area contributed by atoms with Gasteiger partial charge in [-0.1, -0.05) is 46.9 Å². The Labute approximate surface area is 216 Å². The van der Waals surface area contributed by atoms with Crippen molar-refractivity contribution in [1.82, 2.24) is 10.2 Å². The zero-order valence-electron chi connectivity index (χ0n) is 19.6. The number of amides is 2. The predicted molar refractivity (Wildman–Crippen MR) is 138 cm³/mol. The summed E-state index contributed by atoms with van der Waals surface area (Å²) in [6.45, 7) is 6.57. The summed E-state index contributed by atoms with van der Waals surface area (Å²) in [6, 6.07) is 10.3. The largest absolute Gasteiger partial charge is 0.350 e. The van der Waals surface area contributed by atoms with Crippen molar-refractivity contribution in [3.63, 3.8) is 0 Å². The molecule has 0 saturated carbocycles. The lowest BCUT2D eigenvalue weighted by Crippen LogP contribution is -2.54. The van der Waals surface area contributed by atoms with E-state index in [0.717, 1.165) is 16.1 Å². The molecule has 0 fully saturated rings. The Morgan fingerprint density at radius 3 is 2.09 bits per heavy atom. The van der Waals surface area contributed by atoms with Crippen molar-refractivity contribution in [2.45, 2.75) is 45.8 Å².